The van der Waals surface area contributed by atoms with Gasteiger partial charge in [0, 0.05) is 22.1 Å². The predicted molar refractivity (Wildman–Crippen MR) is 106 cm³/mol. The molecule has 2 aromatic rings. The Morgan fingerprint density at radius 1 is 1.30 bits per heavy atom. The Morgan fingerprint density at radius 3 is 2.70 bits per heavy atom. The first kappa shape index (κ1) is 19.6. The molecule has 1 aromatic heterocycles. The lowest BCUT2D eigenvalue weighted by Gasteiger charge is -2.29. The summed E-state index contributed by atoms with van der Waals surface area (Å²) in [6, 6.07) is 7.25. The summed E-state index contributed by atoms with van der Waals surface area (Å²) in [6.45, 7) is 4.29. The number of H-pyrrole nitrogens is 1. The first-order valence-electron chi connectivity index (χ1n) is 9.59. The molecule has 27 heavy (non-hydrogen) atoms. The van der Waals surface area contributed by atoms with Crippen LogP contribution in [0.1, 0.15) is 56.7 Å². The summed E-state index contributed by atoms with van der Waals surface area (Å²) >= 11 is 5.96. The number of aromatic nitrogens is 2. The summed E-state index contributed by atoms with van der Waals surface area (Å²) in [5, 5.41) is 0.636. The van der Waals surface area contributed by atoms with Gasteiger partial charge in [-0.15, -0.1) is 0 Å². The summed E-state index contributed by atoms with van der Waals surface area (Å²) in [7, 11) is 0. The van der Waals surface area contributed by atoms with Gasteiger partial charge >= 0.3 is 5.97 Å². The van der Waals surface area contributed by atoms with Crippen LogP contribution in [0, 0.1) is 5.92 Å². The molecule has 0 saturated carbocycles. The first-order chi connectivity index (χ1) is 13.0. The zero-order chi connectivity index (χ0) is 19.4. The molecule has 3 rings (SSSR count). The summed E-state index contributed by atoms with van der Waals surface area (Å²) in [5.41, 5.74) is 2.11. The van der Waals surface area contributed by atoms with Crippen molar-refractivity contribution in [1.82, 2.24) is 9.97 Å². The minimum Gasteiger partial charge on any atom is -0.466 e. The Balaban J connectivity index is 2.00. The number of fused-ring (bicyclic) bond motifs is 1. The van der Waals surface area contributed by atoms with Crippen molar-refractivity contribution in [3.8, 4) is 11.4 Å². The van der Waals surface area contributed by atoms with Gasteiger partial charge in [0.05, 0.1) is 18.2 Å². The van der Waals surface area contributed by atoms with Crippen LogP contribution in [0.25, 0.3) is 11.4 Å². The number of carbonyl (C=O) groups excluding carboxylic acids is 1. The lowest BCUT2D eigenvalue weighted by atomic mass is 9.77. The molecule has 0 amide bonds. The van der Waals surface area contributed by atoms with E-state index in [9.17, 15) is 9.59 Å². The Labute approximate surface area is 164 Å². The van der Waals surface area contributed by atoms with E-state index >= 15 is 0 Å². The van der Waals surface area contributed by atoms with Crippen LogP contribution in [0.5, 0.6) is 0 Å². The van der Waals surface area contributed by atoms with Gasteiger partial charge in [0.25, 0.3) is 5.56 Å². The van der Waals surface area contributed by atoms with E-state index in [0.29, 0.717) is 35.9 Å². The van der Waals surface area contributed by atoms with E-state index in [-0.39, 0.29) is 23.4 Å². The number of hydrogen-bond acceptors (Lipinski definition) is 4. The summed E-state index contributed by atoms with van der Waals surface area (Å²) in [4.78, 5) is 32.8. The highest BCUT2D eigenvalue weighted by atomic mass is 35.5. The van der Waals surface area contributed by atoms with Crippen molar-refractivity contribution in [1.29, 1.82) is 0 Å². The van der Waals surface area contributed by atoms with E-state index in [2.05, 4.69) is 11.9 Å². The van der Waals surface area contributed by atoms with Gasteiger partial charge in [-0.05, 0) is 50.5 Å². The standard InChI is InChI=1S/C21H25ClN2O3/c1-3-5-6-14-11-15(21(26)27-4-2)12-17-18(14)23-19(24-20(17)25)13-7-9-16(22)10-8-13/h7-10,14-15H,3-6,11-12H2,1-2H3,(H,23,24,25). The minimum absolute atomic E-state index is 0.0939. The molecule has 1 aliphatic rings. The van der Waals surface area contributed by atoms with E-state index in [1.807, 2.05) is 12.1 Å². The van der Waals surface area contributed by atoms with Gasteiger partial charge in [-0.25, -0.2) is 4.98 Å². The third kappa shape index (κ3) is 4.41. The molecular weight excluding hydrogens is 364 g/mol. The van der Waals surface area contributed by atoms with Crippen LogP contribution in [0.2, 0.25) is 5.02 Å². The topological polar surface area (TPSA) is 72.0 Å². The zero-order valence-corrected chi connectivity index (χ0v) is 16.5. The third-order valence-corrected chi connectivity index (χ3v) is 5.35. The van der Waals surface area contributed by atoms with Crippen molar-refractivity contribution in [2.75, 3.05) is 6.61 Å². The molecule has 0 bridgehead atoms. The summed E-state index contributed by atoms with van der Waals surface area (Å²) < 4.78 is 5.21. The average Bonchev–Trinajstić information content (AvgIpc) is 2.67. The van der Waals surface area contributed by atoms with Crippen molar-refractivity contribution >= 4 is 17.6 Å². The molecule has 144 valence electrons. The fourth-order valence-electron chi connectivity index (χ4n) is 3.72. The fraction of sp³-hybridized carbons (Fsp3) is 0.476. The number of esters is 1. The molecule has 0 aliphatic heterocycles. The number of rotatable bonds is 6. The van der Waals surface area contributed by atoms with Crippen LogP contribution >= 0.6 is 11.6 Å². The maximum atomic E-state index is 12.8. The van der Waals surface area contributed by atoms with E-state index in [4.69, 9.17) is 21.3 Å². The van der Waals surface area contributed by atoms with E-state index in [1.165, 1.54) is 0 Å². The molecule has 0 radical (unpaired) electrons. The molecule has 0 fully saturated rings. The molecule has 0 saturated heterocycles. The van der Waals surface area contributed by atoms with Gasteiger partial charge in [0.1, 0.15) is 5.82 Å². The maximum Gasteiger partial charge on any atom is 0.309 e. The molecular formula is C21H25ClN2O3. The lowest BCUT2D eigenvalue weighted by Crippen LogP contribution is -2.33. The van der Waals surface area contributed by atoms with Crippen molar-refractivity contribution in [2.45, 2.75) is 51.9 Å². The normalized spacial score (nSPS) is 18.8. The Morgan fingerprint density at radius 2 is 2.04 bits per heavy atom. The minimum atomic E-state index is -0.274. The second-order valence-corrected chi connectivity index (χ2v) is 7.45. The number of ether oxygens (including phenoxy) is 1. The molecule has 1 N–H and O–H groups in total. The number of aromatic amines is 1. The number of benzene rings is 1. The van der Waals surface area contributed by atoms with E-state index in [1.54, 1.807) is 19.1 Å². The van der Waals surface area contributed by atoms with E-state index in [0.717, 1.165) is 30.5 Å². The average molecular weight is 389 g/mol. The highest BCUT2D eigenvalue weighted by Gasteiger charge is 2.34. The van der Waals surface area contributed by atoms with Crippen LogP contribution < -0.4 is 5.56 Å². The highest BCUT2D eigenvalue weighted by molar-refractivity contribution is 6.30. The number of halogens is 1. The van der Waals surface area contributed by atoms with Crippen LogP contribution in [0.3, 0.4) is 0 Å². The smallest absolute Gasteiger partial charge is 0.309 e. The first-order valence-corrected chi connectivity index (χ1v) is 9.96. The lowest BCUT2D eigenvalue weighted by molar-refractivity contribution is -0.148. The van der Waals surface area contributed by atoms with Gasteiger partial charge in [0.15, 0.2) is 0 Å². The Kier molecular flexibility index (Phi) is 6.32. The monoisotopic (exact) mass is 388 g/mol. The maximum absolute atomic E-state index is 12.8. The molecule has 2 unspecified atom stereocenters. The number of unbranched alkanes of at least 4 members (excludes halogenated alkanes) is 1. The number of nitrogens with one attached hydrogen (secondary N) is 1. The van der Waals surface area contributed by atoms with Crippen LogP contribution in [0.15, 0.2) is 29.1 Å². The van der Waals surface area contributed by atoms with Gasteiger partial charge in [-0.1, -0.05) is 31.4 Å². The fourth-order valence-corrected chi connectivity index (χ4v) is 3.85. The van der Waals surface area contributed by atoms with Crippen LogP contribution in [0.4, 0.5) is 0 Å². The molecule has 1 aliphatic carbocycles. The number of carbonyl (C=O) groups is 1. The van der Waals surface area contributed by atoms with E-state index < -0.39 is 0 Å². The van der Waals surface area contributed by atoms with Gasteiger partial charge in [-0.3, -0.25) is 9.59 Å². The second kappa shape index (κ2) is 8.70. The SMILES string of the molecule is CCCCC1CC(C(=O)OCC)Cc2c1nc(-c1ccc(Cl)cc1)[nH]c2=O. The van der Waals surface area contributed by atoms with Crippen LogP contribution in [-0.4, -0.2) is 22.5 Å². The highest BCUT2D eigenvalue weighted by Crippen LogP contribution is 2.37. The van der Waals surface area contributed by atoms with Gasteiger partial charge in [-0.2, -0.15) is 0 Å². The van der Waals surface area contributed by atoms with Crippen molar-refractivity contribution in [3.05, 3.63) is 50.9 Å². The summed E-state index contributed by atoms with van der Waals surface area (Å²) in [6.07, 6.45) is 4.08. The van der Waals surface area contributed by atoms with Crippen molar-refractivity contribution in [2.24, 2.45) is 5.92 Å². The van der Waals surface area contributed by atoms with Crippen molar-refractivity contribution < 1.29 is 9.53 Å². The molecule has 1 heterocycles. The number of hydrogen-bond donors (Lipinski definition) is 1. The quantitative estimate of drug-likeness (QED) is 0.740. The Hall–Kier alpha value is -2.14. The summed E-state index contributed by atoms with van der Waals surface area (Å²) in [5.74, 6) is 0.150. The van der Waals surface area contributed by atoms with Gasteiger partial charge < -0.3 is 9.72 Å². The molecule has 6 heteroatoms. The largest absolute Gasteiger partial charge is 0.466 e. The van der Waals surface area contributed by atoms with Crippen LogP contribution in [-0.2, 0) is 16.0 Å². The third-order valence-electron chi connectivity index (χ3n) is 5.10. The second-order valence-electron chi connectivity index (χ2n) is 7.01. The molecule has 1 aromatic carbocycles. The van der Waals surface area contributed by atoms with Gasteiger partial charge in [0.2, 0.25) is 0 Å². The number of nitrogens with zero attached hydrogens (tertiary/aromatic N) is 1. The Bertz CT molecular complexity index is 861. The zero-order valence-electron chi connectivity index (χ0n) is 15.8. The predicted octanol–water partition coefficient (Wildman–Crippen LogP) is 4.49. The molecule has 2 atom stereocenters. The molecule has 5 nitrogen and oxygen atoms in total. The molecule has 0 spiro atoms. The van der Waals surface area contributed by atoms with Crippen molar-refractivity contribution in [3.63, 3.8) is 0 Å².